The van der Waals surface area contributed by atoms with Crippen LogP contribution in [0.3, 0.4) is 0 Å². The van der Waals surface area contributed by atoms with Crippen LogP contribution < -0.4 is 21.5 Å². The summed E-state index contributed by atoms with van der Waals surface area (Å²) in [6.07, 6.45) is 5.59. The minimum Gasteiger partial charge on any atom is -0.472 e. The number of ether oxygens (including phenoxy) is 1. The molecule has 3 aromatic heterocycles. The summed E-state index contributed by atoms with van der Waals surface area (Å²) in [4.78, 5) is 25.4. The van der Waals surface area contributed by atoms with Crippen LogP contribution in [0.25, 0.3) is 10.2 Å². The Morgan fingerprint density at radius 2 is 2.24 bits per heavy atom. The van der Waals surface area contributed by atoms with Gasteiger partial charge in [-0.25, -0.2) is 4.98 Å². The number of nitrogens with one attached hydrogen (secondary N) is 1. The maximum Gasteiger partial charge on any atom is 0.260 e. The van der Waals surface area contributed by atoms with E-state index in [0.717, 1.165) is 29.7 Å². The van der Waals surface area contributed by atoms with E-state index in [1.165, 1.54) is 0 Å². The molecule has 1 fully saturated rings. The van der Waals surface area contributed by atoms with Crippen molar-refractivity contribution in [3.63, 3.8) is 0 Å². The van der Waals surface area contributed by atoms with Gasteiger partial charge in [-0.05, 0) is 18.9 Å². The van der Waals surface area contributed by atoms with Crippen LogP contribution >= 0.6 is 11.3 Å². The fourth-order valence-corrected chi connectivity index (χ4v) is 3.32. The maximum absolute atomic E-state index is 11.6. The molecule has 8 nitrogen and oxygen atoms in total. The summed E-state index contributed by atoms with van der Waals surface area (Å²) in [7, 11) is 0. The molecule has 0 saturated heterocycles. The van der Waals surface area contributed by atoms with Gasteiger partial charge in [-0.3, -0.25) is 9.78 Å². The molecule has 128 valence electrons. The smallest absolute Gasteiger partial charge is 0.260 e. The maximum atomic E-state index is 11.6. The first-order valence-electron chi connectivity index (χ1n) is 7.80. The summed E-state index contributed by atoms with van der Waals surface area (Å²) >= 11 is 1.15. The summed E-state index contributed by atoms with van der Waals surface area (Å²) in [6.45, 7) is 0.282. The van der Waals surface area contributed by atoms with E-state index in [-0.39, 0.29) is 17.2 Å². The Bertz CT molecular complexity index is 939. The Morgan fingerprint density at radius 3 is 2.92 bits per heavy atom. The van der Waals surface area contributed by atoms with Crippen molar-refractivity contribution in [2.45, 2.75) is 25.5 Å². The highest BCUT2D eigenvalue weighted by molar-refractivity contribution is 7.21. The van der Waals surface area contributed by atoms with E-state index in [0.29, 0.717) is 28.1 Å². The van der Waals surface area contributed by atoms with Crippen LogP contribution in [-0.2, 0) is 6.61 Å². The van der Waals surface area contributed by atoms with Crippen LogP contribution in [0, 0.1) is 0 Å². The number of rotatable bonds is 6. The van der Waals surface area contributed by atoms with Crippen LogP contribution in [-0.4, -0.2) is 26.9 Å². The molecule has 0 radical (unpaired) electrons. The second-order valence-corrected chi connectivity index (χ2v) is 6.81. The molecule has 3 aromatic rings. The van der Waals surface area contributed by atoms with E-state index in [1.807, 2.05) is 12.1 Å². The number of hydrogen-bond donors (Lipinski definition) is 3. The third kappa shape index (κ3) is 3.18. The topological polar surface area (TPSA) is 129 Å². The first-order chi connectivity index (χ1) is 12.1. The Morgan fingerprint density at radius 1 is 1.40 bits per heavy atom. The Kier molecular flexibility index (Phi) is 3.85. The molecule has 0 bridgehead atoms. The van der Waals surface area contributed by atoms with Crippen LogP contribution in [0.1, 0.15) is 28.1 Å². The molecule has 1 aliphatic carbocycles. The minimum absolute atomic E-state index is 0.256. The quantitative estimate of drug-likeness (QED) is 0.615. The molecule has 0 aliphatic heterocycles. The lowest BCUT2D eigenvalue weighted by Gasteiger charge is -2.09. The van der Waals surface area contributed by atoms with Gasteiger partial charge in [-0.2, -0.15) is 4.98 Å². The van der Waals surface area contributed by atoms with Crippen LogP contribution in [0.5, 0.6) is 5.88 Å². The lowest BCUT2D eigenvalue weighted by molar-refractivity contribution is 0.100. The van der Waals surface area contributed by atoms with Crippen LogP contribution in [0.4, 0.5) is 11.6 Å². The van der Waals surface area contributed by atoms with E-state index < -0.39 is 5.91 Å². The zero-order valence-electron chi connectivity index (χ0n) is 13.2. The number of amides is 1. The lowest BCUT2D eigenvalue weighted by Crippen LogP contribution is -2.11. The number of anilines is 2. The third-order valence-electron chi connectivity index (χ3n) is 3.79. The molecule has 0 unspecified atom stereocenters. The number of carbonyl (C=O) groups excluding carboxylic acids is 1. The monoisotopic (exact) mass is 356 g/mol. The molecular weight excluding hydrogens is 340 g/mol. The van der Waals surface area contributed by atoms with Gasteiger partial charge < -0.3 is 21.5 Å². The summed E-state index contributed by atoms with van der Waals surface area (Å²) in [5, 5.41) is 3.76. The van der Waals surface area contributed by atoms with Crippen molar-refractivity contribution in [3.8, 4) is 5.88 Å². The van der Waals surface area contributed by atoms with Gasteiger partial charge in [-0.1, -0.05) is 6.07 Å². The first kappa shape index (κ1) is 15.6. The van der Waals surface area contributed by atoms with Gasteiger partial charge in [0.05, 0.1) is 11.1 Å². The average molecular weight is 356 g/mol. The summed E-state index contributed by atoms with van der Waals surface area (Å²) in [5.74, 6) is 0.210. The number of fused-ring (bicyclic) bond motifs is 1. The highest BCUT2D eigenvalue weighted by Crippen LogP contribution is 2.39. The molecule has 1 amide bonds. The Labute approximate surface area is 147 Å². The van der Waals surface area contributed by atoms with Gasteiger partial charge in [0.25, 0.3) is 5.91 Å². The molecule has 4 rings (SSSR count). The minimum atomic E-state index is -0.588. The lowest BCUT2D eigenvalue weighted by atomic mass is 10.3. The predicted molar refractivity (Wildman–Crippen MR) is 95.6 cm³/mol. The molecule has 0 atom stereocenters. The van der Waals surface area contributed by atoms with E-state index in [4.69, 9.17) is 16.2 Å². The number of nitrogens with zero attached hydrogens (tertiary/aromatic N) is 3. The fourth-order valence-electron chi connectivity index (χ4n) is 2.39. The van der Waals surface area contributed by atoms with Crippen molar-refractivity contribution in [3.05, 3.63) is 35.0 Å². The molecule has 9 heteroatoms. The number of hydrogen-bond acceptors (Lipinski definition) is 8. The van der Waals surface area contributed by atoms with Crippen molar-refractivity contribution >= 4 is 39.1 Å². The van der Waals surface area contributed by atoms with Crippen molar-refractivity contribution in [2.75, 3.05) is 11.1 Å². The number of nitrogen functional groups attached to an aromatic ring is 1. The van der Waals surface area contributed by atoms with Crippen LogP contribution in [0.15, 0.2) is 24.5 Å². The number of primary amides is 1. The average Bonchev–Trinajstić information content (AvgIpc) is 3.35. The van der Waals surface area contributed by atoms with Gasteiger partial charge in [0.2, 0.25) is 11.8 Å². The van der Waals surface area contributed by atoms with Crippen molar-refractivity contribution in [1.82, 2.24) is 15.0 Å². The third-order valence-corrected chi connectivity index (χ3v) is 4.90. The molecule has 1 saturated carbocycles. The zero-order valence-corrected chi connectivity index (χ0v) is 14.0. The molecule has 0 spiro atoms. The summed E-state index contributed by atoms with van der Waals surface area (Å²) in [5.41, 5.74) is 12.6. The molecule has 5 N–H and O–H groups in total. The van der Waals surface area contributed by atoms with Crippen LogP contribution in [0.2, 0.25) is 0 Å². The van der Waals surface area contributed by atoms with Crippen molar-refractivity contribution < 1.29 is 9.53 Å². The van der Waals surface area contributed by atoms with Gasteiger partial charge in [0.1, 0.15) is 16.3 Å². The second kappa shape index (κ2) is 6.17. The van der Waals surface area contributed by atoms with Gasteiger partial charge in [0.15, 0.2) is 0 Å². The van der Waals surface area contributed by atoms with E-state index in [9.17, 15) is 4.79 Å². The molecular formula is C16H16N6O2S. The highest BCUT2D eigenvalue weighted by atomic mass is 32.1. The SMILES string of the molecule is NC(=O)c1sc2nc(NC3CC3)nc(OCc3cccnc3)c2c1N. The van der Waals surface area contributed by atoms with Gasteiger partial charge >= 0.3 is 0 Å². The number of aromatic nitrogens is 3. The molecule has 1 aliphatic rings. The number of nitrogens with two attached hydrogens (primary N) is 2. The molecule has 25 heavy (non-hydrogen) atoms. The standard InChI is InChI=1S/C16H16N6O2S/c17-11-10-14(24-7-8-2-1-5-19-6-8)21-16(20-9-3-4-9)22-15(10)25-12(11)13(18)23/h1-2,5-6,9H,3-4,7,17H2,(H2,18,23)(H,20,21,22). The number of thiophene rings is 1. The normalized spacial score (nSPS) is 13.8. The van der Waals surface area contributed by atoms with Gasteiger partial charge in [-0.15, -0.1) is 11.3 Å². The zero-order chi connectivity index (χ0) is 17.4. The number of pyridine rings is 1. The van der Waals surface area contributed by atoms with Crippen molar-refractivity contribution in [2.24, 2.45) is 5.73 Å². The highest BCUT2D eigenvalue weighted by Gasteiger charge is 2.25. The Balaban J connectivity index is 1.74. The largest absolute Gasteiger partial charge is 0.472 e. The fraction of sp³-hybridized carbons (Fsp3) is 0.250. The van der Waals surface area contributed by atoms with E-state index in [2.05, 4.69) is 20.3 Å². The predicted octanol–water partition coefficient (Wildman–Crippen LogP) is 1.92. The summed E-state index contributed by atoms with van der Waals surface area (Å²) in [6, 6.07) is 4.12. The first-order valence-corrected chi connectivity index (χ1v) is 8.61. The molecule has 3 heterocycles. The molecule has 0 aromatic carbocycles. The van der Waals surface area contributed by atoms with E-state index in [1.54, 1.807) is 12.4 Å². The number of carbonyl (C=O) groups is 1. The van der Waals surface area contributed by atoms with Gasteiger partial charge in [0, 0.05) is 24.0 Å². The van der Waals surface area contributed by atoms with Crippen molar-refractivity contribution in [1.29, 1.82) is 0 Å². The second-order valence-electron chi connectivity index (χ2n) is 5.81. The summed E-state index contributed by atoms with van der Waals surface area (Å²) < 4.78 is 5.87. The van der Waals surface area contributed by atoms with E-state index >= 15 is 0 Å². The Hall–Kier alpha value is -2.94.